The van der Waals surface area contributed by atoms with E-state index in [-0.39, 0.29) is 47.7 Å². The molecule has 0 saturated heterocycles. The van der Waals surface area contributed by atoms with E-state index in [4.69, 9.17) is 20.9 Å². The third kappa shape index (κ3) is 4.71. The lowest BCUT2D eigenvalue weighted by Crippen LogP contribution is -2.04. The van der Waals surface area contributed by atoms with Crippen LogP contribution in [0.2, 0.25) is 0 Å². The summed E-state index contributed by atoms with van der Waals surface area (Å²) in [5.41, 5.74) is 11.5. The summed E-state index contributed by atoms with van der Waals surface area (Å²) in [4.78, 5) is 0. The van der Waals surface area contributed by atoms with Gasteiger partial charge in [0.05, 0.1) is 0 Å². The van der Waals surface area contributed by atoms with E-state index < -0.39 is 34.8 Å². The summed E-state index contributed by atoms with van der Waals surface area (Å²) in [7, 11) is 0. The molecule has 0 amide bonds. The Kier molecular flexibility index (Phi) is 7.78. The zero-order valence-electron chi connectivity index (χ0n) is 13.9. The van der Waals surface area contributed by atoms with Crippen molar-refractivity contribution in [3.05, 3.63) is 71.8 Å². The number of nitrogens with two attached hydrogens (primary N) is 2. The summed E-state index contributed by atoms with van der Waals surface area (Å²) >= 11 is 0. The van der Waals surface area contributed by atoms with E-state index in [2.05, 4.69) is 0 Å². The second-order valence-corrected chi connectivity index (χ2v) is 5.26. The number of hydrogen-bond donors (Lipinski definition) is 2. The van der Waals surface area contributed by atoms with Crippen molar-refractivity contribution in [2.24, 2.45) is 0 Å². The second-order valence-electron chi connectivity index (χ2n) is 5.26. The Morgan fingerprint density at radius 2 is 0.893 bits per heavy atom. The van der Waals surface area contributed by atoms with Crippen LogP contribution in [0, 0.1) is 23.3 Å². The van der Waals surface area contributed by atoms with Crippen LogP contribution in [-0.2, 0) is 0 Å². The molecule has 0 aliphatic rings. The zero-order valence-corrected chi connectivity index (χ0v) is 15.6. The molecule has 150 valence electrons. The van der Waals surface area contributed by atoms with Crippen molar-refractivity contribution in [2.75, 3.05) is 11.5 Å². The summed E-state index contributed by atoms with van der Waals surface area (Å²) in [6, 6.07) is 11.0. The number of ether oxygens (including phenoxy) is 2. The Balaban J connectivity index is 0.00000196. The van der Waals surface area contributed by atoms with Gasteiger partial charge in [0.2, 0.25) is 34.8 Å². The molecule has 0 aliphatic carbocycles. The third-order valence-corrected chi connectivity index (χ3v) is 3.34. The standard InChI is InChI=1S/C18H12F4N2O2.2ClH/c19-13-15(21)18(26-12-6-2-4-10(24)8-12)16(22)14(20)17(13)25-11-5-1-3-9(23)7-11;;/h1-8H,23-24H2;2*1H. The van der Waals surface area contributed by atoms with Crippen molar-refractivity contribution in [3.63, 3.8) is 0 Å². The van der Waals surface area contributed by atoms with Gasteiger partial charge in [-0.1, -0.05) is 12.1 Å². The van der Waals surface area contributed by atoms with E-state index in [1.165, 1.54) is 48.5 Å². The van der Waals surface area contributed by atoms with Crippen LogP contribution in [0.25, 0.3) is 0 Å². The fourth-order valence-corrected chi connectivity index (χ4v) is 2.16. The first-order chi connectivity index (χ1) is 12.4. The van der Waals surface area contributed by atoms with Crippen LogP contribution in [0.1, 0.15) is 0 Å². The molecular formula is C18H14Cl2F4N2O2. The molecule has 10 heteroatoms. The summed E-state index contributed by atoms with van der Waals surface area (Å²) in [5, 5.41) is 0. The predicted octanol–water partition coefficient (Wildman–Crippen LogP) is 5.84. The van der Waals surface area contributed by atoms with Crippen LogP contribution in [0.4, 0.5) is 28.9 Å². The molecule has 0 radical (unpaired) electrons. The average molecular weight is 437 g/mol. The molecular weight excluding hydrogens is 423 g/mol. The molecule has 0 aromatic heterocycles. The lowest BCUT2D eigenvalue weighted by Gasteiger charge is -2.14. The van der Waals surface area contributed by atoms with Crippen LogP contribution in [0.3, 0.4) is 0 Å². The number of nitrogen functional groups attached to an aromatic ring is 2. The van der Waals surface area contributed by atoms with Crippen molar-refractivity contribution < 1.29 is 27.0 Å². The minimum atomic E-state index is -1.75. The van der Waals surface area contributed by atoms with Gasteiger partial charge in [-0.3, -0.25) is 0 Å². The van der Waals surface area contributed by atoms with Crippen LogP contribution >= 0.6 is 24.8 Å². The summed E-state index contributed by atoms with van der Waals surface area (Å²) in [6.45, 7) is 0. The predicted molar refractivity (Wildman–Crippen MR) is 103 cm³/mol. The van der Waals surface area contributed by atoms with Gasteiger partial charge < -0.3 is 20.9 Å². The number of hydrogen-bond acceptors (Lipinski definition) is 4. The maximum absolute atomic E-state index is 14.2. The van der Waals surface area contributed by atoms with E-state index in [1.807, 2.05) is 0 Å². The van der Waals surface area contributed by atoms with E-state index >= 15 is 0 Å². The monoisotopic (exact) mass is 436 g/mol. The highest BCUT2D eigenvalue weighted by atomic mass is 35.5. The van der Waals surface area contributed by atoms with Gasteiger partial charge in [0, 0.05) is 23.5 Å². The van der Waals surface area contributed by atoms with Gasteiger partial charge in [0.15, 0.2) is 0 Å². The molecule has 4 N–H and O–H groups in total. The Hall–Kier alpha value is -2.84. The molecule has 4 nitrogen and oxygen atoms in total. The van der Waals surface area contributed by atoms with Crippen molar-refractivity contribution in [3.8, 4) is 23.0 Å². The molecule has 0 atom stereocenters. The van der Waals surface area contributed by atoms with E-state index in [1.54, 1.807) is 0 Å². The molecule has 0 spiro atoms. The molecule has 0 heterocycles. The van der Waals surface area contributed by atoms with Gasteiger partial charge >= 0.3 is 0 Å². The molecule has 0 saturated carbocycles. The third-order valence-electron chi connectivity index (χ3n) is 3.34. The number of anilines is 2. The molecule has 28 heavy (non-hydrogen) atoms. The molecule has 0 aliphatic heterocycles. The topological polar surface area (TPSA) is 70.5 Å². The SMILES string of the molecule is Cl.Cl.Nc1cccc(Oc2c(F)c(F)c(Oc3cccc(N)c3)c(F)c2F)c1. The fraction of sp³-hybridized carbons (Fsp3) is 0. The summed E-state index contributed by atoms with van der Waals surface area (Å²) in [5.74, 6) is -9.65. The minimum Gasteiger partial charge on any atom is -0.451 e. The van der Waals surface area contributed by atoms with E-state index in [0.717, 1.165) is 0 Å². The maximum Gasteiger partial charge on any atom is 0.208 e. The van der Waals surface area contributed by atoms with Gasteiger partial charge in [-0.2, -0.15) is 17.6 Å². The number of benzene rings is 3. The molecule has 0 unspecified atom stereocenters. The van der Waals surface area contributed by atoms with Crippen molar-refractivity contribution in [2.45, 2.75) is 0 Å². The molecule has 0 bridgehead atoms. The summed E-state index contributed by atoms with van der Waals surface area (Å²) < 4.78 is 66.8. The zero-order chi connectivity index (χ0) is 18.8. The molecule has 3 aromatic carbocycles. The normalized spacial score (nSPS) is 9.86. The highest BCUT2D eigenvalue weighted by Crippen LogP contribution is 2.39. The molecule has 0 fully saturated rings. The highest BCUT2D eigenvalue weighted by molar-refractivity contribution is 5.85. The Labute approximate surface area is 169 Å². The van der Waals surface area contributed by atoms with Crippen LogP contribution in [0.5, 0.6) is 23.0 Å². The smallest absolute Gasteiger partial charge is 0.208 e. The van der Waals surface area contributed by atoms with Gasteiger partial charge in [-0.25, -0.2) is 0 Å². The minimum absolute atomic E-state index is 0. The van der Waals surface area contributed by atoms with Gasteiger partial charge in [-0.05, 0) is 24.3 Å². The van der Waals surface area contributed by atoms with Crippen molar-refractivity contribution in [1.29, 1.82) is 0 Å². The quantitative estimate of drug-likeness (QED) is 0.306. The van der Waals surface area contributed by atoms with Gasteiger partial charge in [-0.15, -0.1) is 24.8 Å². The Morgan fingerprint density at radius 1 is 0.571 bits per heavy atom. The maximum atomic E-state index is 14.2. The second kappa shape index (κ2) is 9.38. The van der Waals surface area contributed by atoms with Crippen LogP contribution < -0.4 is 20.9 Å². The van der Waals surface area contributed by atoms with Gasteiger partial charge in [0.25, 0.3) is 0 Å². The van der Waals surface area contributed by atoms with Crippen LogP contribution in [0.15, 0.2) is 48.5 Å². The van der Waals surface area contributed by atoms with Gasteiger partial charge in [0.1, 0.15) is 11.5 Å². The lowest BCUT2D eigenvalue weighted by atomic mass is 10.2. The highest BCUT2D eigenvalue weighted by Gasteiger charge is 2.29. The average Bonchev–Trinajstić information content (AvgIpc) is 2.61. The number of rotatable bonds is 4. The number of halogens is 6. The van der Waals surface area contributed by atoms with Crippen molar-refractivity contribution >= 4 is 36.2 Å². The van der Waals surface area contributed by atoms with Crippen LogP contribution in [-0.4, -0.2) is 0 Å². The fourth-order valence-electron chi connectivity index (χ4n) is 2.16. The lowest BCUT2D eigenvalue weighted by molar-refractivity contribution is 0.330. The first kappa shape index (κ1) is 23.2. The Morgan fingerprint density at radius 3 is 1.18 bits per heavy atom. The van der Waals surface area contributed by atoms with E-state index in [9.17, 15) is 17.6 Å². The first-order valence-corrected chi connectivity index (χ1v) is 7.29. The van der Waals surface area contributed by atoms with Crippen molar-refractivity contribution in [1.82, 2.24) is 0 Å². The van der Waals surface area contributed by atoms with E-state index in [0.29, 0.717) is 0 Å². The Bertz CT molecular complexity index is 882. The molecule has 3 rings (SSSR count). The first-order valence-electron chi connectivity index (χ1n) is 7.29. The summed E-state index contributed by atoms with van der Waals surface area (Å²) in [6.07, 6.45) is 0. The molecule has 3 aromatic rings. The largest absolute Gasteiger partial charge is 0.451 e.